The first-order valence-electron chi connectivity index (χ1n) is 24.0. The third-order valence-corrected chi connectivity index (χ3v) is 11.1. The normalized spacial score (nSPS) is 12.7. The molecule has 1 amide bonds. The van der Waals surface area contributed by atoms with Gasteiger partial charge in [-0.1, -0.05) is 225 Å². The smallest absolute Gasteiger partial charge is 0.305 e. The molecular weight excluding hydrogens is 671 g/mol. The Morgan fingerprint density at radius 1 is 0.500 bits per heavy atom. The summed E-state index contributed by atoms with van der Waals surface area (Å²) >= 11 is 0. The average molecular weight is 764 g/mol. The maximum absolute atomic E-state index is 12.4. The van der Waals surface area contributed by atoms with Crippen molar-refractivity contribution in [2.45, 2.75) is 270 Å². The van der Waals surface area contributed by atoms with Crippen molar-refractivity contribution >= 4 is 11.9 Å². The van der Waals surface area contributed by atoms with Crippen LogP contribution in [0.3, 0.4) is 0 Å². The standard InChI is InChI=1S/C48H93NO5/c1-3-5-7-9-11-13-15-17-18-20-24-28-32-36-40-46(51)45(44-50)49-47(52)41-37-33-29-25-21-19-23-27-31-35-39-43-54-48(53)42-38-34-30-26-22-16-14-12-10-8-6-4-2/h36,40,45-46,50-51H,3-35,37-39,41-44H2,1-2H3,(H,49,52)/b40-36+. The molecule has 0 rings (SSSR count). The first-order chi connectivity index (χ1) is 26.5. The molecule has 0 spiro atoms. The molecule has 3 N–H and O–H groups in total. The molecule has 0 bridgehead atoms. The summed E-state index contributed by atoms with van der Waals surface area (Å²) in [5.74, 6) is -0.101. The Morgan fingerprint density at radius 3 is 1.26 bits per heavy atom. The molecule has 0 aromatic carbocycles. The van der Waals surface area contributed by atoms with Crippen LogP contribution in [0, 0.1) is 0 Å². The van der Waals surface area contributed by atoms with Gasteiger partial charge in [-0.05, 0) is 32.1 Å². The zero-order valence-electron chi connectivity index (χ0n) is 36.2. The number of unbranched alkanes of at least 4 members (excludes halogenated alkanes) is 33. The van der Waals surface area contributed by atoms with Gasteiger partial charge >= 0.3 is 5.97 Å². The van der Waals surface area contributed by atoms with Crippen molar-refractivity contribution < 1.29 is 24.5 Å². The summed E-state index contributed by atoms with van der Waals surface area (Å²) in [5, 5.41) is 23.0. The predicted molar refractivity (Wildman–Crippen MR) is 232 cm³/mol. The number of nitrogens with one attached hydrogen (secondary N) is 1. The second-order valence-electron chi connectivity index (χ2n) is 16.5. The number of hydrogen-bond acceptors (Lipinski definition) is 5. The number of carbonyl (C=O) groups is 2. The number of rotatable bonds is 44. The van der Waals surface area contributed by atoms with Crippen LogP contribution in [0.1, 0.15) is 258 Å². The summed E-state index contributed by atoms with van der Waals surface area (Å²) in [6, 6.07) is -0.639. The van der Waals surface area contributed by atoms with Crippen LogP contribution < -0.4 is 5.32 Å². The quantitative estimate of drug-likeness (QED) is 0.0326. The van der Waals surface area contributed by atoms with Crippen LogP contribution in [-0.4, -0.2) is 47.4 Å². The molecule has 0 fully saturated rings. The van der Waals surface area contributed by atoms with Gasteiger partial charge in [-0.3, -0.25) is 9.59 Å². The van der Waals surface area contributed by atoms with Crippen LogP contribution in [0.4, 0.5) is 0 Å². The van der Waals surface area contributed by atoms with Crippen LogP contribution in [0.15, 0.2) is 12.2 Å². The van der Waals surface area contributed by atoms with Gasteiger partial charge in [0.05, 0.1) is 25.4 Å². The predicted octanol–water partition coefficient (Wildman–Crippen LogP) is 13.8. The van der Waals surface area contributed by atoms with E-state index < -0.39 is 12.1 Å². The van der Waals surface area contributed by atoms with Gasteiger partial charge in [0.25, 0.3) is 0 Å². The number of allylic oxidation sites excluding steroid dienone is 1. The number of aliphatic hydroxyl groups is 2. The Labute approximate surface area is 336 Å². The maximum Gasteiger partial charge on any atom is 0.305 e. The number of aliphatic hydroxyl groups excluding tert-OH is 2. The number of esters is 1. The second kappa shape index (κ2) is 44.3. The molecule has 0 aliphatic heterocycles. The van der Waals surface area contributed by atoms with E-state index in [-0.39, 0.29) is 18.5 Å². The van der Waals surface area contributed by atoms with E-state index >= 15 is 0 Å². The lowest BCUT2D eigenvalue weighted by atomic mass is 10.0. The van der Waals surface area contributed by atoms with Crippen molar-refractivity contribution in [1.29, 1.82) is 0 Å². The van der Waals surface area contributed by atoms with E-state index in [1.54, 1.807) is 6.08 Å². The average Bonchev–Trinajstić information content (AvgIpc) is 3.17. The highest BCUT2D eigenvalue weighted by Crippen LogP contribution is 2.15. The van der Waals surface area contributed by atoms with Gasteiger partial charge in [-0.15, -0.1) is 0 Å². The Bertz CT molecular complexity index is 802. The zero-order chi connectivity index (χ0) is 39.4. The van der Waals surface area contributed by atoms with E-state index in [9.17, 15) is 19.8 Å². The Morgan fingerprint density at radius 2 is 0.852 bits per heavy atom. The van der Waals surface area contributed by atoms with Crippen molar-refractivity contribution in [3.05, 3.63) is 12.2 Å². The Balaban J connectivity index is 3.51. The number of amides is 1. The van der Waals surface area contributed by atoms with E-state index in [0.29, 0.717) is 19.4 Å². The summed E-state index contributed by atoms with van der Waals surface area (Å²) in [5.41, 5.74) is 0. The van der Waals surface area contributed by atoms with Gasteiger partial charge in [0.2, 0.25) is 5.91 Å². The van der Waals surface area contributed by atoms with E-state index in [0.717, 1.165) is 57.8 Å². The minimum absolute atomic E-state index is 0.0149. The third-order valence-electron chi connectivity index (χ3n) is 11.1. The van der Waals surface area contributed by atoms with Crippen LogP contribution in [0.25, 0.3) is 0 Å². The highest BCUT2D eigenvalue weighted by molar-refractivity contribution is 5.76. The van der Waals surface area contributed by atoms with E-state index in [4.69, 9.17) is 4.74 Å². The van der Waals surface area contributed by atoms with Gasteiger partial charge in [-0.2, -0.15) is 0 Å². The minimum Gasteiger partial charge on any atom is -0.466 e. The van der Waals surface area contributed by atoms with Gasteiger partial charge in [-0.25, -0.2) is 0 Å². The van der Waals surface area contributed by atoms with Gasteiger partial charge in [0, 0.05) is 12.8 Å². The van der Waals surface area contributed by atoms with Crippen molar-refractivity contribution in [3.8, 4) is 0 Å². The van der Waals surface area contributed by atoms with Crippen molar-refractivity contribution in [2.24, 2.45) is 0 Å². The van der Waals surface area contributed by atoms with Crippen LogP contribution in [0.5, 0.6) is 0 Å². The second-order valence-corrected chi connectivity index (χ2v) is 16.5. The molecule has 0 heterocycles. The summed E-state index contributed by atoms with van der Waals surface area (Å²) in [6.07, 6.45) is 49.1. The van der Waals surface area contributed by atoms with E-state index in [1.165, 1.54) is 173 Å². The largest absolute Gasteiger partial charge is 0.466 e. The van der Waals surface area contributed by atoms with Gasteiger partial charge in [0.15, 0.2) is 0 Å². The molecule has 320 valence electrons. The minimum atomic E-state index is -0.854. The van der Waals surface area contributed by atoms with Crippen LogP contribution in [-0.2, 0) is 14.3 Å². The summed E-state index contributed by atoms with van der Waals surface area (Å²) in [6.45, 7) is 4.85. The lowest BCUT2D eigenvalue weighted by Gasteiger charge is -2.20. The first-order valence-corrected chi connectivity index (χ1v) is 24.0. The Kier molecular flexibility index (Phi) is 43.2. The fourth-order valence-electron chi connectivity index (χ4n) is 7.34. The van der Waals surface area contributed by atoms with Crippen molar-refractivity contribution in [3.63, 3.8) is 0 Å². The maximum atomic E-state index is 12.4. The molecular formula is C48H93NO5. The van der Waals surface area contributed by atoms with Crippen LogP contribution >= 0.6 is 0 Å². The summed E-state index contributed by atoms with van der Waals surface area (Å²) in [4.78, 5) is 24.4. The molecule has 54 heavy (non-hydrogen) atoms. The molecule has 0 aromatic heterocycles. The molecule has 0 saturated heterocycles. The molecule has 0 aromatic rings. The SMILES string of the molecule is CCCCCCCCCCCCCC/C=C/C(O)C(CO)NC(=O)CCCCCCCCCCCCCOC(=O)CCCCCCCCCCCCCC. The molecule has 0 aliphatic carbocycles. The van der Waals surface area contributed by atoms with Crippen LogP contribution in [0.2, 0.25) is 0 Å². The first kappa shape index (κ1) is 52.6. The Hall–Kier alpha value is -1.40. The number of carbonyl (C=O) groups excluding carboxylic acids is 2. The molecule has 0 aliphatic rings. The van der Waals surface area contributed by atoms with Gasteiger partial charge < -0.3 is 20.3 Å². The number of ether oxygens (including phenoxy) is 1. The van der Waals surface area contributed by atoms with E-state index in [1.807, 2.05) is 6.08 Å². The third kappa shape index (κ3) is 40.3. The zero-order valence-corrected chi connectivity index (χ0v) is 36.2. The highest BCUT2D eigenvalue weighted by atomic mass is 16.5. The lowest BCUT2D eigenvalue weighted by molar-refractivity contribution is -0.143. The summed E-state index contributed by atoms with van der Waals surface area (Å²) < 4.78 is 5.44. The molecule has 6 heteroatoms. The summed E-state index contributed by atoms with van der Waals surface area (Å²) in [7, 11) is 0. The molecule has 2 atom stereocenters. The molecule has 0 radical (unpaired) electrons. The monoisotopic (exact) mass is 764 g/mol. The van der Waals surface area contributed by atoms with E-state index in [2.05, 4.69) is 19.2 Å². The fraction of sp³-hybridized carbons (Fsp3) is 0.917. The van der Waals surface area contributed by atoms with Crippen molar-refractivity contribution in [1.82, 2.24) is 5.32 Å². The molecule has 2 unspecified atom stereocenters. The fourth-order valence-corrected chi connectivity index (χ4v) is 7.34. The highest BCUT2D eigenvalue weighted by Gasteiger charge is 2.18. The van der Waals surface area contributed by atoms with Crippen molar-refractivity contribution in [2.75, 3.05) is 13.2 Å². The molecule has 0 saturated carbocycles. The number of hydrogen-bond donors (Lipinski definition) is 3. The lowest BCUT2D eigenvalue weighted by Crippen LogP contribution is -2.45. The topological polar surface area (TPSA) is 95.9 Å². The molecule has 6 nitrogen and oxygen atoms in total. The van der Waals surface area contributed by atoms with Gasteiger partial charge in [0.1, 0.15) is 0 Å².